The molecule has 25 heteroatoms. The number of amides is 1. The van der Waals surface area contributed by atoms with Gasteiger partial charge in [-0.25, -0.2) is 0 Å². The highest BCUT2D eigenvalue weighted by Gasteiger charge is 2.97. The topological polar surface area (TPSA) is 29.1 Å². The molecule has 1 N–H and O–H groups in total. The molecular formula is C20H22F21N2OS+. The summed E-state index contributed by atoms with van der Waals surface area (Å²) in [5.74, 6) is -80.4. The van der Waals surface area contributed by atoms with E-state index in [1.807, 2.05) is 0 Å². The first-order valence-electron chi connectivity index (χ1n) is 11.5. The Morgan fingerprint density at radius 2 is 0.889 bits per heavy atom. The fourth-order valence-corrected chi connectivity index (χ4v) is 3.78. The molecule has 45 heavy (non-hydrogen) atoms. The lowest BCUT2D eigenvalue weighted by Gasteiger charge is -2.44. The van der Waals surface area contributed by atoms with Crippen LogP contribution in [0.3, 0.4) is 0 Å². The van der Waals surface area contributed by atoms with Crippen LogP contribution in [0.25, 0.3) is 0 Å². The van der Waals surface area contributed by atoms with Gasteiger partial charge in [0.25, 0.3) is 0 Å². The number of carbonyl (C=O) groups excluding carboxylic acids is 1. The van der Waals surface area contributed by atoms with Gasteiger partial charge in [-0.05, 0) is 5.75 Å². The second kappa shape index (κ2) is 12.7. The molecule has 0 aromatic heterocycles. The maximum Gasteiger partial charge on any atom is 0.460 e. The highest BCUT2D eigenvalue weighted by atomic mass is 32.2. The molecule has 0 unspecified atom stereocenters. The van der Waals surface area contributed by atoms with Gasteiger partial charge in [0.15, 0.2) is 0 Å². The van der Waals surface area contributed by atoms with Crippen LogP contribution in [-0.2, 0) is 4.79 Å². The van der Waals surface area contributed by atoms with Crippen molar-refractivity contribution in [1.82, 2.24) is 5.32 Å². The van der Waals surface area contributed by atoms with Gasteiger partial charge in [0.05, 0.1) is 33.4 Å². The Kier molecular flexibility index (Phi) is 12.3. The number of hydrogen-bond acceptors (Lipinski definition) is 2. The molecule has 1 amide bonds. The smallest absolute Gasteiger partial charge is 0.355 e. The van der Waals surface area contributed by atoms with Crippen molar-refractivity contribution in [1.29, 1.82) is 0 Å². The summed E-state index contributed by atoms with van der Waals surface area (Å²) in [6, 6.07) is 0. The van der Waals surface area contributed by atoms with Crippen LogP contribution in [0.1, 0.15) is 12.8 Å². The lowest BCUT2D eigenvalue weighted by atomic mass is 9.86. The van der Waals surface area contributed by atoms with Crippen molar-refractivity contribution >= 4 is 17.7 Å². The van der Waals surface area contributed by atoms with E-state index < -0.39 is 83.3 Å². The molecule has 0 rings (SSSR count). The summed E-state index contributed by atoms with van der Waals surface area (Å²) in [5, 5.41) is 2.20. The van der Waals surface area contributed by atoms with Gasteiger partial charge >= 0.3 is 59.5 Å². The molecule has 270 valence electrons. The Morgan fingerprint density at radius 3 is 1.22 bits per heavy atom. The second-order valence-electron chi connectivity index (χ2n) is 10.3. The Balaban J connectivity index is 6.12. The maximum absolute atomic E-state index is 13.9. The van der Waals surface area contributed by atoms with E-state index in [1.54, 1.807) is 21.1 Å². The summed E-state index contributed by atoms with van der Waals surface area (Å²) >= 11 is -0.0691. The Bertz CT molecular complexity index is 1020. The van der Waals surface area contributed by atoms with Gasteiger partial charge in [0.1, 0.15) is 0 Å². The zero-order chi connectivity index (χ0) is 36.7. The van der Waals surface area contributed by atoms with E-state index in [0.29, 0.717) is 17.4 Å². The van der Waals surface area contributed by atoms with E-state index in [9.17, 15) is 97.0 Å². The Morgan fingerprint density at radius 1 is 0.556 bits per heavy atom. The van der Waals surface area contributed by atoms with Gasteiger partial charge in [0.2, 0.25) is 5.91 Å². The van der Waals surface area contributed by atoms with Crippen LogP contribution in [0.15, 0.2) is 0 Å². The number of alkyl halides is 21. The van der Waals surface area contributed by atoms with Crippen molar-refractivity contribution in [2.45, 2.75) is 72.3 Å². The summed E-state index contributed by atoms with van der Waals surface area (Å²) in [4.78, 5) is 11.6. The number of halogens is 21. The highest BCUT2D eigenvalue weighted by molar-refractivity contribution is 7.99. The third kappa shape index (κ3) is 7.57. The fourth-order valence-electron chi connectivity index (χ4n) is 2.95. The van der Waals surface area contributed by atoms with Gasteiger partial charge in [-0.3, -0.25) is 4.79 Å². The van der Waals surface area contributed by atoms with Gasteiger partial charge in [0, 0.05) is 19.4 Å². The third-order valence-electron chi connectivity index (χ3n) is 5.70. The van der Waals surface area contributed by atoms with E-state index in [2.05, 4.69) is 5.32 Å². The summed E-state index contributed by atoms with van der Waals surface area (Å²) in [7, 11) is 5.27. The molecular weight excluding hydrogens is 715 g/mol. The zero-order valence-corrected chi connectivity index (χ0v) is 23.3. The molecule has 0 aromatic rings. The van der Waals surface area contributed by atoms with Crippen LogP contribution in [0.2, 0.25) is 0 Å². The SMILES string of the molecule is C[N+](C)(C)CCCNC(=O)CSCCC(F)(F)C(F)(F)C(F)(F)C(F)(F)C(F)(F)C(F)(F)C(F)(F)C(F)(F)C(F)(F)C(F)(F)F. The summed E-state index contributed by atoms with van der Waals surface area (Å²) < 4.78 is 281. The molecule has 0 radical (unpaired) electrons. The Labute approximate surface area is 243 Å². The van der Waals surface area contributed by atoms with Gasteiger partial charge in [-0.2, -0.15) is 104 Å². The van der Waals surface area contributed by atoms with Crippen LogP contribution in [-0.4, -0.2) is 116 Å². The molecule has 0 bridgehead atoms. The fraction of sp³-hybridized carbons (Fsp3) is 0.950. The second-order valence-corrected chi connectivity index (χ2v) is 11.4. The first kappa shape index (κ1) is 43.3. The van der Waals surface area contributed by atoms with Gasteiger partial charge < -0.3 is 9.80 Å². The highest BCUT2D eigenvalue weighted by Crippen LogP contribution is 2.66. The molecule has 0 aliphatic heterocycles. The van der Waals surface area contributed by atoms with Crippen molar-refractivity contribution in [3.63, 3.8) is 0 Å². The quantitative estimate of drug-likeness (QED) is 0.0948. The van der Waals surface area contributed by atoms with Gasteiger partial charge in [-0.1, -0.05) is 0 Å². The van der Waals surface area contributed by atoms with E-state index in [0.717, 1.165) is 0 Å². The van der Waals surface area contributed by atoms with Crippen molar-refractivity contribution in [2.24, 2.45) is 0 Å². The number of quaternary nitrogens is 1. The number of nitrogens with zero attached hydrogens (tertiary/aromatic N) is 1. The van der Waals surface area contributed by atoms with E-state index in [1.165, 1.54) is 0 Å². The van der Waals surface area contributed by atoms with Crippen molar-refractivity contribution < 1.29 is 101 Å². The molecule has 0 aliphatic carbocycles. The average molecular weight is 737 g/mol. The van der Waals surface area contributed by atoms with Crippen LogP contribution in [0, 0.1) is 0 Å². The molecule has 0 saturated carbocycles. The molecule has 0 spiro atoms. The third-order valence-corrected chi connectivity index (χ3v) is 6.66. The number of nitrogens with one attached hydrogen (secondary N) is 1. The predicted molar refractivity (Wildman–Crippen MR) is 113 cm³/mol. The van der Waals surface area contributed by atoms with Crippen molar-refractivity contribution in [3.8, 4) is 0 Å². The lowest BCUT2D eigenvalue weighted by Crippen LogP contribution is -2.76. The minimum Gasteiger partial charge on any atom is -0.355 e. The lowest BCUT2D eigenvalue weighted by molar-refractivity contribution is -0.870. The van der Waals surface area contributed by atoms with Crippen LogP contribution >= 0.6 is 11.8 Å². The zero-order valence-electron chi connectivity index (χ0n) is 22.4. The van der Waals surface area contributed by atoms with E-state index >= 15 is 0 Å². The van der Waals surface area contributed by atoms with Gasteiger partial charge in [-0.15, -0.1) is 0 Å². The molecule has 0 heterocycles. The van der Waals surface area contributed by atoms with E-state index in [4.69, 9.17) is 0 Å². The standard InChI is InChI=1S/C20H21F21N2OS/c1-43(2,3)7-4-6-42-10(44)9-45-8-5-11(21,22)12(23,24)13(25,26)14(27,28)15(29,30)16(31,32)17(33,34)18(35,36)19(37,38)20(39,40)41/h4-9H2,1-3H3/p+1. The minimum atomic E-state index is -9.19. The monoisotopic (exact) mass is 737 g/mol. The predicted octanol–water partition coefficient (Wildman–Crippen LogP) is 7.60. The minimum absolute atomic E-state index is 0.0118. The normalized spacial score (nSPS) is 15.8. The van der Waals surface area contributed by atoms with Crippen LogP contribution in [0.5, 0.6) is 0 Å². The van der Waals surface area contributed by atoms with E-state index in [-0.39, 0.29) is 18.3 Å². The molecule has 0 fully saturated rings. The van der Waals surface area contributed by atoms with Crippen molar-refractivity contribution in [2.75, 3.05) is 45.7 Å². The first-order valence-corrected chi connectivity index (χ1v) is 12.6. The van der Waals surface area contributed by atoms with Crippen LogP contribution in [0.4, 0.5) is 92.2 Å². The first-order chi connectivity index (χ1) is 19.4. The number of hydrogen-bond donors (Lipinski definition) is 1. The summed E-state index contributed by atoms with van der Waals surface area (Å²) in [6.45, 7) is 0.487. The molecule has 0 aliphatic rings. The Hall–Kier alpha value is -1.69. The largest absolute Gasteiger partial charge is 0.460 e. The van der Waals surface area contributed by atoms with Crippen molar-refractivity contribution in [3.05, 3.63) is 0 Å². The summed E-state index contributed by atoms with van der Waals surface area (Å²) in [5.41, 5.74) is 0. The molecule has 0 aromatic carbocycles. The molecule has 3 nitrogen and oxygen atoms in total. The number of rotatable bonds is 17. The summed E-state index contributed by atoms with van der Waals surface area (Å²) in [6.07, 6.45) is -10.4. The molecule has 0 saturated heterocycles. The maximum atomic E-state index is 13.9. The molecule has 0 atom stereocenters. The number of thioether (sulfide) groups is 1. The van der Waals surface area contributed by atoms with Crippen LogP contribution < -0.4 is 5.32 Å². The number of carbonyl (C=O) groups is 1. The average Bonchev–Trinajstić information content (AvgIpc) is 2.82.